The van der Waals surface area contributed by atoms with Gasteiger partial charge in [0.25, 0.3) is 0 Å². The van der Waals surface area contributed by atoms with Crippen LogP contribution >= 0.6 is 0 Å². The summed E-state index contributed by atoms with van der Waals surface area (Å²) in [6, 6.07) is 9.00. The Morgan fingerprint density at radius 2 is 2.09 bits per heavy atom. The Labute approximate surface area is 137 Å². The highest BCUT2D eigenvalue weighted by Crippen LogP contribution is 2.29. The minimum absolute atomic E-state index is 0.175. The first kappa shape index (κ1) is 15.0. The Hall–Kier alpha value is -1.56. The van der Waals surface area contributed by atoms with Crippen LogP contribution in [0.25, 0.3) is 0 Å². The van der Waals surface area contributed by atoms with E-state index in [0.717, 1.165) is 25.3 Å². The van der Waals surface area contributed by atoms with Crippen molar-refractivity contribution in [1.82, 2.24) is 5.32 Å². The van der Waals surface area contributed by atoms with Crippen molar-refractivity contribution >= 4 is 21.5 Å². The van der Waals surface area contributed by atoms with Crippen molar-refractivity contribution in [3.8, 4) is 0 Å². The van der Waals surface area contributed by atoms with Crippen molar-refractivity contribution < 1.29 is 8.42 Å². The highest BCUT2D eigenvalue weighted by atomic mass is 32.2. The van der Waals surface area contributed by atoms with Crippen molar-refractivity contribution in [3.63, 3.8) is 0 Å². The molecule has 1 saturated carbocycles. The lowest BCUT2D eigenvalue weighted by atomic mass is 10.1. The van der Waals surface area contributed by atoms with Crippen LogP contribution in [0.5, 0.6) is 0 Å². The molecule has 0 amide bonds. The Kier molecular flexibility index (Phi) is 3.79. The maximum atomic E-state index is 11.6. The molecule has 0 radical (unpaired) electrons. The number of rotatable bonds is 3. The fourth-order valence-electron chi connectivity index (χ4n) is 3.41. The Morgan fingerprint density at radius 1 is 1.26 bits per heavy atom. The third kappa shape index (κ3) is 3.37. The van der Waals surface area contributed by atoms with Crippen LogP contribution in [0, 0.1) is 5.92 Å². The molecule has 6 heteroatoms. The van der Waals surface area contributed by atoms with Gasteiger partial charge in [-0.2, -0.15) is 0 Å². The van der Waals surface area contributed by atoms with Gasteiger partial charge in [-0.15, -0.1) is 0 Å². The summed E-state index contributed by atoms with van der Waals surface area (Å²) in [6.45, 7) is 1.55. The monoisotopic (exact) mass is 333 g/mol. The van der Waals surface area contributed by atoms with Gasteiger partial charge in [-0.05, 0) is 43.2 Å². The molecule has 23 heavy (non-hydrogen) atoms. The molecule has 0 spiro atoms. The van der Waals surface area contributed by atoms with E-state index in [4.69, 9.17) is 4.99 Å². The standard InChI is InChI=1S/C17H23N3O2S/c21-23(22)10-8-13(12-23)11-18-17(19-15-5-6-15)20-9-7-14-3-1-2-4-16(14)20/h1-4,13,15H,5-12H2,(H,18,19). The number of hydrogen-bond donors (Lipinski definition) is 1. The van der Waals surface area contributed by atoms with Crippen molar-refractivity contribution in [2.75, 3.05) is 29.5 Å². The van der Waals surface area contributed by atoms with Gasteiger partial charge in [-0.25, -0.2) is 8.42 Å². The Balaban J connectivity index is 1.52. The van der Waals surface area contributed by atoms with Crippen LogP contribution in [-0.4, -0.2) is 45.0 Å². The fourth-order valence-corrected chi connectivity index (χ4v) is 5.26. The van der Waals surface area contributed by atoms with E-state index in [2.05, 4.69) is 34.5 Å². The molecular formula is C17H23N3O2S. The molecule has 2 fully saturated rings. The van der Waals surface area contributed by atoms with E-state index in [0.29, 0.717) is 24.1 Å². The minimum Gasteiger partial charge on any atom is -0.353 e. The highest BCUT2D eigenvalue weighted by Gasteiger charge is 2.30. The van der Waals surface area contributed by atoms with Gasteiger partial charge >= 0.3 is 0 Å². The predicted molar refractivity (Wildman–Crippen MR) is 92.7 cm³/mol. The van der Waals surface area contributed by atoms with Gasteiger partial charge < -0.3 is 10.2 Å². The predicted octanol–water partition coefficient (Wildman–Crippen LogP) is 1.59. The fraction of sp³-hybridized carbons (Fsp3) is 0.588. The van der Waals surface area contributed by atoms with Gasteiger partial charge in [0.1, 0.15) is 0 Å². The smallest absolute Gasteiger partial charge is 0.198 e. The second kappa shape index (κ2) is 5.82. The summed E-state index contributed by atoms with van der Waals surface area (Å²) in [4.78, 5) is 7.06. The van der Waals surface area contributed by atoms with E-state index in [1.807, 2.05) is 0 Å². The van der Waals surface area contributed by atoms with E-state index in [-0.39, 0.29) is 5.92 Å². The normalized spacial score (nSPS) is 26.3. The summed E-state index contributed by atoms with van der Waals surface area (Å²) in [7, 11) is -2.83. The van der Waals surface area contributed by atoms with E-state index in [9.17, 15) is 8.42 Å². The topological polar surface area (TPSA) is 61.8 Å². The molecule has 1 saturated heterocycles. The number of guanidine groups is 1. The van der Waals surface area contributed by atoms with Crippen LogP contribution in [0.15, 0.2) is 29.3 Å². The van der Waals surface area contributed by atoms with Crippen molar-refractivity contribution in [2.24, 2.45) is 10.9 Å². The molecular weight excluding hydrogens is 310 g/mol. The molecule has 0 aromatic heterocycles. The zero-order chi connectivity index (χ0) is 15.9. The summed E-state index contributed by atoms with van der Waals surface area (Å²) in [5.41, 5.74) is 2.60. The number of aliphatic imine (C=N–C) groups is 1. The SMILES string of the molecule is O=S1(=O)CCC(CN=C(NC2CC2)N2CCc3ccccc32)C1. The zero-order valence-electron chi connectivity index (χ0n) is 13.2. The molecule has 4 rings (SSSR count). The van der Waals surface area contributed by atoms with E-state index in [1.165, 1.54) is 24.1 Å². The first-order valence-corrected chi connectivity index (χ1v) is 10.3. The van der Waals surface area contributed by atoms with Gasteiger partial charge in [0.05, 0.1) is 11.5 Å². The molecule has 0 bridgehead atoms. The molecule has 1 aromatic carbocycles. The molecule has 2 heterocycles. The van der Waals surface area contributed by atoms with E-state index >= 15 is 0 Å². The van der Waals surface area contributed by atoms with Crippen LogP contribution in [0.1, 0.15) is 24.8 Å². The van der Waals surface area contributed by atoms with Crippen molar-refractivity contribution in [3.05, 3.63) is 29.8 Å². The Morgan fingerprint density at radius 3 is 2.83 bits per heavy atom. The lowest BCUT2D eigenvalue weighted by molar-refractivity contribution is 0.590. The third-order valence-electron chi connectivity index (χ3n) is 4.88. The lowest BCUT2D eigenvalue weighted by Crippen LogP contribution is -2.42. The third-order valence-corrected chi connectivity index (χ3v) is 6.72. The number of anilines is 1. The number of para-hydroxylation sites is 1. The second-order valence-corrected chi connectivity index (χ2v) is 9.11. The average Bonchev–Trinajstić information content (AvgIpc) is 3.13. The van der Waals surface area contributed by atoms with Crippen molar-refractivity contribution in [1.29, 1.82) is 0 Å². The summed E-state index contributed by atoms with van der Waals surface area (Å²) in [5.74, 6) is 1.73. The number of sulfone groups is 1. The maximum absolute atomic E-state index is 11.6. The van der Waals surface area contributed by atoms with Gasteiger partial charge in [0.2, 0.25) is 0 Å². The average molecular weight is 333 g/mol. The molecule has 124 valence electrons. The number of fused-ring (bicyclic) bond motifs is 1. The number of benzene rings is 1. The summed E-state index contributed by atoms with van der Waals surface area (Å²) >= 11 is 0. The summed E-state index contributed by atoms with van der Waals surface area (Å²) in [5, 5.41) is 3.54. The van der Waals surface area contributed by atoms with Crippen LogP contribution in [0.4, 0.5) is 5.69 Å². The van der Waals surface area contributed by atoms with Crippen molar-refractivity contribution in [2.45, 2.75) is 31.7 Å². The van der Waals surface area contributed by atoms with Gasteiger partial charge in [-0.1, -0.05) is 18.2 Å². The first-order valence-electron chi connectivity index (χ1n) is 8.47. The minimum atomic E-state index is -2.83. The van der Waals surface area contributed by atoms with Crippen LogP contribution in [0.3, 0.4) is 0 Å². The number of nitrogens with zero attached hydrogens (tertiary/aromatic N) is 2. The molecule has 3 aliphatic rings. The summed E-state index contributed by atoms with van der Waals surface area (Å²) in [6.07, 6.45) is 4.19. The number of nitrogens with one attached hydrogen (secondary N) is 1. The lowest BCUT2D eigenvalue weighted by Gasteiger charge is -2.23. The van der Waals surface area contributed by atoms with Gasteiger partial charge in [-0.3, -0.25) is 4.99 Å². The van der Waals surface area contributed by atoms with Crippen LogP contribution < -0.4 is 10.2 Å². The van der Waals surface area contributed by atoms with Crippen LogP contribution in [-0.2, 0) is 16.3 Å². The zero-order valence-corrected chi connectivity index (χ0v) is 14.1. The molecule has 5 nitrogen and oxygen atoms in total. The first-order chi connectivity index (χ1) is 11.1. The summed E-state index contributed by atoms with van der Waals surface area (Å²) < 4.78 is 23.2. The molecule has 1 atom stereocenters. The second-order valence-electron chi connectivity index (χ2n) is 6.88. The highest BCUT2D eigenvalue weighted by molar-refractivity contribution is 7.91. The molecule has 1 aromatic rings. The molecule has 1 N–H and O–H groups in total. The van der Waals surface area contributed by atoms with Gasteiger partial charge in [0.15, 0.2) is 15.8 Å². The quantitative estimate of drug-likeness (QED) is 0.674. The Bertz CT molecular complexity index is 725. The van der Waals surface area contributed by atoms with Gasteiger partial charge in [0, 0.05) is 24.8 Å². The number of hydrogen-bond acceptors (Lipinski definition) is 3. The van der Waals surface area contributed by atoms with E-state index in [1.54, 1.807) is 0 Å². The molecule has 1 aliphatic carbocycles. The van der Waals surface area contributed by atoms with E-state index < -0.39 is 9.84 Å². The molecule has 2 aliphatic heterocycles. The molecule has 1 unspecified atom stereocenters. The largest absolute Gasteiger partial charge is 0.353 e. The maximum Gasteiger partial charge on any atom is 0.198 e. The van der Waals surface area contributed by atoms with Crippen LogP contribution in [0.2, 0.25) is 0 Å².